The first-order valence-corrected chi connectivity index (χ1v) is 8.23. The predicted octanol–water partition coefficient (Wildman–Crippen LogP) is 3.22. The molecule has 0 spiro atoms. The van der Waals surface area contributed by atoms with Gasteiger partial charge in [-0.3, -0.25) is 0 Å². The molecule has 1 N–H and O–H groups in total. The number of carbonyl (C=O) groups is 2. The maximum Gasteiger partial charge on any atom is 0.344 e. The molecule has 4 heteroatoms. The second-order valence-electron chi connectivity index (χ2n) is 7.90. The molecule has 1 aliphatic heterocycles. The molecule has 0 aromatic rings. The van der Waals surface area contributed by atoms with Crippen LogP contribution in [0.1, 0.15) is 52.9 Å². The Labute approximate surface area is 136 Å². The van der Waals surface area contributed by atoms with E-state index in [9.17, 15) is 14.7 Å². The highest BCUT2D eigenvalue weighted by Crippen LogP contribution is 2.52. The summed E-state index contributed by atoms with van der Waals surface area (Å²) in [6, 6.07) is 0. The van der Waals surface area contributed by atoms with Crippen LogP contribution in [0.5, 0.6) is 0 Å². The van der Waals surface area contributed by atoms with Gasteiger partial charge in [-0.05, 0) is 43.1 Å². The van der Waals surface area contributed by atoms with Crippen molar-refractivity contribution < 1.29 is 19.4 Å². The van der Waals surface area contributed by atoms with Crippen LogP contribution in [-0.2, 0) is 14.3 Å². The van der Waals surface area contributed by atoms with Gasteiger partial charge < -0.3 is 9.84 Å². The minimum absolute atomic E-state index is 0.196. The summed E-state index contributed by atoms with van der Waals surface area (Å²) in [5.74, 6) is -1.32. The SMILES string of the molecule is C=C[C@]1(C)C=C2C(=O)OC(=O)C3=C(CCCC3(C)C)[C@@]2(O)CC1. The van der Waals surface area contributed by atoms with Crippen molar-refractivity contribution in [2.75, 3.05) is 0 Å². The Balaban J connectivity index is 2.26. The molecule has 4 nitrogen and oxygen atoms in total. The van der Waals surface area contributed by atoms with Gasteiger partial charge in [0.2, 0.25) is 0 Å². The Morgan fingerprint density at radius 3 is 2.52 bits per heavy atom. The van der Waals surface area contributed by atoms with Gasteiger partial charge in [-0.25, -0.2) is 9.59 Å². The van der Waals surface area contributed by atoms with Crippen LogP contribution in [0, 0.1) is 10.8 Å². The van der Waals surface area contributed by atoms with Gasteiger partial charge in [-0.2, -0.15) is 0 Å². The zero-order chi connectivity index (χ0) is 17.0. The zero-order valence-electron chi connectivity index (χ0n) is 14.1. The third-order valence-electron chi connectivity index (χ3n) is 5.73. The number of ether oxygens (including phenoxy) is 1. The van der Waals surface area contributed by atoms with Crippen LogP contribution < -0.4 is 0 Å². The van der Waals surface area contributed by atoms with E-state index in [0.29, 0.717) is 30.4 Å². The molecule has 0 unspecified atom stereocenters. The molecule has 0 radical (unpaired) electrons. The van der Waals surface area contributed by atoms with E-state index in [1.165, 1.54) is 0 Å². The first kappa shape index (κ1) is 16.2. The number of rotatable bonds is 1. The van der Waals surface area contributed by atoms with E-state index in [-0.39, 0.29) is 11.0 Å². The van der Waals surface area contributed by atoms with Crippen LogP contribution in [0.2, 0.25) is 0 Å². The lowest BCUT2D eigenvalue weighted by Gasteiger charge is -2.43. The Bertz CT molecular complexity index is 667. The van der Waals surface area contributed by atoms with Gasteiger partial charge in [0, 0.05) is 11.0 Å². The van der Waals surface area contributed by atoms with E-state index in [4.69, 9.17) is 4.74 Å². The van der Waals surface area contributed by atoms with Gasteiger partial charge in [0.05, 0.1) is 5.57 Å². The molecular weight excluding hydrogens is 292 g/mol. The highest BCUT2D eigenvalue weighted by Gasteiger charge is 2.52. The van der Waals surface area contributed by atoms with Gasteiger partial charge in [0.25, 0.3) is 0 Å². The highest BCUT2D eigenvalue weighted by atomic mass is 16.6. The molecule has 0 amide bonds. The first-order chi connectivity index (χ1) is 10.6. The highest BCUT2D eigenvalue weighted by molar-refractivity contribution is 6.07. The number of hydrogen-bond donors (Lipinski definition) is 1. The lowest BCUT2D eigenvalue weighted by atomic mass is 9.63. The fourth-order valence-corrected chi connectivity index (χ4v) is 4.18. The molecule has 0 saturated carbocycles. The van der Waals surface area contributed by atoms with Crippen LogP contribution in [0.25, 0.3) is 0 Å². The van der Waals surface area contributed by atoms with E-state index < -0.39 is 23.0 Å². The monoisotopic (exact) mass is 316 g/mol. The van der Waals surface area contributed by atoms with Gasteiger partial charge in [-0.15, -0.1) is 6.58 Å². The van der Waals surface area contributed by atoms with Crippen molar-refractivity contribution in [1.29, 1.82) is 0 Å². The normalized spacial score (nSPS) is 36.4. The Kier molecular flexibility index (Phi) is 3.45. The van der Waals surface area contributed by atoms with E-state index in [1.807, 2.05) is 20.8 Å². The van der Waals surface area contributed by atoms with E-state index in [0.717, 1.165) is 12.8 Å². The molecule has 0 fully saturated rings. The van der Waals surface area contributed by atoms with Gasteiger partial charge in [0.1, 0.15) is 5.60 Å². The topological polar surface area (TPSA) is 63.6 Å². The molecule has 23 heavy (non-hydrogen) atoms. The fourth-order valence-electron chi connectivity index (χ4n) is 4.18. The Morgan fingerprint density at radius 1 is 1.17 bits per heavy atom. The van der Waals surface area contributed by atoms with Gasteiger partial charge >= 0.3 is 11.9 Å². The predicted molar refractivity (Wildman–Crippen MR) is 86.3 cm³/mol. The summed E-state index contributed by atoms with van der Waals surface area (Å²) in [7, 11) is 0. The van der Waals surface area contributed by atoms with Crippen LogP contribution in [0.3, 0.4) is 0 Å². The van der Waals surface area contributed by atoms with Crippen molar-refractivity contribution in [2.45, 2.75) is 58.5 Å². The van der Waals surface area contributed by atoms with E-state index in [1.54, 1.807) is 12.2 Å². The number of aliphatic hydroxyl groups is 1. The van der Waals surface area contributed by atoms with Crippen LogP contribution in [0.4, 0.5) is 0 Å². The van der Waals surface area contributed by atoms with Crippen LogP contribution in [0.15, 0.2) is 35.5 Å². The lowest BCUT2D eigenvalue weighted by Crippen LogP contribution is -2.43. The largest absolute Gasteiger partial charge is 0.386 e. The van der Waals surface area contributed by atoms with Crippen LogP contribution in [-0.4, -0.2) is 22.6 Å². The number of cyclic esters (lactones) is 2. The fraction of sp³-hybridized carbons (Fsp3) is 0.579. The third kappa shape index (κ3) is 2.31. The number of carbonyl (C=O) groups excluding carboxylic acids is 2. The number of hydrogen-bond acceptors (Lipinski definition) is 4. The number of allylic oxidation sites excluding steroid dienone is 2. The molecule has 124 valence electrons. The second-order valence-corrected chi connectivity index (χ2v) is 7.90. The average molecular weight is 316 g/mol. The van der Waals surface area contributed by atoms with E-state index in [2.05, 4.69) is 6.58 Å². The Hall–Kier alpha value is -1.68. The molecule has 0 aromatic carbocycles. The molecule has 3 aliphatic rings. The standard InChI is InChI=1S/C19H24O4/c1-5-18(4)9-10-19(22)12-7-6-8-17(2,3)14(12)16(21)23-15(20)13(19)11-18/h5,11,22H,1,6-10H2,2-4H3/t18-,19-/m0/s1. The number of fused-ring (bicyclic) bond motifs is 2. The molecule has 3 rings (SSSR count). The van der Waals surface area contributed by atoms with Crippen molar-refractivity contribution in [3.05, 3.63) is 35.5 Å². The molecule has 1 heterocycles. The molecule has 0 aromatic heterocycles. The molecule has 2 atom stereocenters. The van der Waals surface area contributed by atoms with Gasteiger partial charge in [-0.1, -0.05) is 32.9 Å². The average Bonchev–Trinajstić information content (AvgIpc) is 2.55. The van der Waals surface area contributed by atoms with Crippen molar-refractivity contribution in [3.8, 4) is 0 Å². The number of esters is 2. The summed E-state index contributed by atoms with van der Waals surface area (Å²) in [5, 5.41) is 11.4. The molecule has 0 saturated heterocycles. The maximum absolute atomic E-state index is 12.5. The van der Waals surface area contributed by atoms with E-state index >= 15 is 0 Å². The third-order valence-corrected chi connectivity index (χ3v) is 5.73. The van der Waals surface area contributed by atoms with Crippen molar-refractivity contribution in [3.63, 3.8) is 0 Å². The summed E-state index contributed by atoms with van der Waals surface area (Å²) >= 11 is 0. The molecule has 0 bridgehead atoms. The van der Waals surface area contributed by atoms with Crippen molar-refractivity contribution >= 4 is 11.9 Å². The quantitative estimate of drug-likeness (QED) is 0.458. The second kappa shape index (κ2) is 4.91. The minimum atomic E-state index is -1.39. The Morgan fingerprint density at radius 2 is 1.87 bits per heavy atom. The summed E-state index contributed by atoms with van der Waals surface area (Å²) in [5.41, 5.74) is -0.790. The molecule has 2 aliphatic carbocycles. The summed E-state index contributed by atoms with van der Waals surface area (Å²) in [6.45, 7) is 9.74. The minimum Gasteiger partial charge on any atom is -0.386 e. The summed E-state index contributed by atoms with van der Waals surface area (Å²) < 4.78 is 5.09. The van der Waals surface area contributed by atoms with Crippen molar-refractivity contribution in [1.82, 2.24) is 0 Å². The van der Waals surface area contributed by atoms with Crippen molar-refractivity contribution in [2.24, 2.45) is 10.8 Å². The van der Waals surface area contributed by atoms with Gasteiger partial charge in [0.15, 0.2) is 0 Å². The van der Waals surface area contributed by atoms with Crippen LogP contribution >= 0.6 is 0 Å². The maximum atomic E-state index is 12.5. The lowest BCUT2D eigenvalue weighted by molar-refractivity contribution is -0.155. The summed E-state index contributed by atoms with van der Waals surface area (Å²) in [4.78, 5) is 25.0. The smallest absolute Gasteiger partial charge is 0.344 e. The summed E-state index contributed by atoms with van der Waals surface area (Å²) in [6.07, 6.45) is 6.94. The first-order valence-electron chi connectivity index (χ1n) is 8.23. The zero-order valence-corrected chi connectivity index (χ0v) is 14.1. The molecular formula is C19H24O4.